The van der Waals surface area contributed by atoms with Gasteiger partial charge in [-0.1, -0.05) is 12.1 Å². The van der Waals surface area contributed by atoms with Gasteiger partial charge in [0.05, 0.1) is 18.4 Å². The van der Waals surface area contributed by atoms with Crippen molar-refractivity contribution in [3.05, 3.63) is 48.0 Å². The summed E-state index contributed by atoms with van der Waals surface area (Å²) in [6.07, 6.45) is 0. The molecule has 0 saturated heterocycles. The molecule has 5 nitrogen and oxygen atoms in total. The van der Waals surface area contributed by atoms with E-state index in [0.717, 1.165) is 0 Å². The molecule has 2 aromatic carbocycles. The fourth-order valence-corrected chi connectivity index (χ4v) is 1.72. The number of anilines is 3. The van der Waals surface area contributed by atoms with Crippen molar-refractivity contribution in [2.45, 2.75) is 0 Å². The molecule has 0 fully saturated rings. The first-order chi connectivity index (χ1) is 9.11. The lowest BCUT2D eigenvalue weighted by Gasteiger charge is -2.11. The Bertz CT molecular complexity index is 611. The van der Waals surface area contributed by atoms with Gasteiger partial charge in [0, 0.05) is 11.4 Å². The maximum atomic E-state index is 12.1. The van der Waals surface area contributed by atoms with Crippen molar-refractivity contribution in [3.8, 4) is 5.75 Å². The van der Waals surface area contributed by atoms with Gasteiger partial charge in [-0.15, -0.1) is 0 Å². The zero-order chi connectivity index (χ0) is 13.8. The Morgan fingerprint density at radius 3 is 2.58 bits per heavy atom. The monoisotopic (exact) mass is 257 g/mol. The number of para-hydroxylation sites is 1. The van der Waals surface area contributed by atoms with Crippen molar-refractivity contribution in [1.29, 1.82) is 0 Å². The quantitative estimate of drug-likeness (QED) is 0.734. The molecule has 0 unspecified atom stereocenters. The zero-order valence-electron chi connectivity index (χ0n) is 10.5. The molecule has 98 valence electrons. The van der Waals surface area contributed by atoms with Crippen LogP contribution >= 0.6 is 0 Å². The second kappa shape index (κ2) is 5.30. The number of ether oxygens (including phenoxy) is 1. The predicted octanol–water partition coefficient (Wildman–Crippen LogP) is 2.11. The van der Waals surface area contributed by atoms with Crippen molar-refractivity contribution in [2.75, 3.05) is 23.9 Å². The first-order valence-corrected chi connectivity index (χ1v) is 5.71. The molecule has 2 aromatic rings. The Morgan fingerprint density at radius 1 is 1.16 bits per heavy atom. The van der Waals surface area contributed by atoms with Crippen molar-refractivity contribution >= 4 is 23.0 Å². The summed E-state index contributed by atoms with van der Waals surface area (Å²) in [6.45, 7) is 0. The first-order valence-electron chi connectivity index (χ1n) is 5.71. The van der Waals surface area contributed by atoms with Crippen LogP contribution in [0.25, 0.3) is 0 Å². The standard InChI is InChI=1S/C14H15N3O2/c1-19-13-7-6-9(15)8-12(13)17-14(18)10-4-2-3-5-11(10)16/h2-8H,15-16H2,1H3,(H,17,18). The number of hydrogen-bond acceptors (Lipinski definition) is 4. The first kappa shape index (κ1) is 12.8. The number of benzene rings is 2. The summed E-state index contributed by atoms with van der Waals surface area (Å²) in [6, 6.07) is 11.9. The normalized spacial score (nSPS) is 9.95. The number of rotatable bonds is 3. The summed E-state index contributed by atoms with van der Waals surface area (Å²) in [5, 5.41) is 2.74. The number of carbonyl (C=O) groups excluding carboxylic acids is 1. The summed E-state index contributed by atoms with van der Waals surface area (Å²) < 4.78 is 5.17. The number of nitrogen functional groups attached to an aromatic ring is 2. The highest BCUT2D eigenvalue weighted by molar-refractivity contribution is 6.08. The average Bonchev–Trinajstić information content (AvgIpc) is 2.39. The molecule has 0 atom stereocenters. The van der Waals surface area contributed by atoms with Gasteiger partial charge in [0.2, 0.25) is 0 Å². The zero-order valence-corrected chi connectivity index (χ0v) is 10.5. The number of amides is 1. The predicted molar refractivity (Wildman–Crippen MR) is 76.2 cm³/mol. The molecule has 0 aliphatic rings. The van der Waals surface area contributed by atoms with Gasteiger partial charge in [0.1, 0.15) is 5.75 Å². The van der Waals surface area contributed by atoms with Gasteiger partial charge in [-0.05, 0) is 30.3 Å². The summed E-state index contributed by atoms with van der Waals surface area (Å²) in [5.41, 5.74) is 13.3. The van der Waals surface area contributed by atoms with Crippen LogP contribution in [0, 0.1) is 0 Å². The van der Waals surface area contributed by atoms with E-state index in [1.165, 1.54) is 7.11 Å². The van der Waals surface area contributed by atoms with Gasteiger partial charge in [-0.25, -0.2) is 0 Å². The lowest BCUT2D eigenvalue weighted by atomic mass is 10.1. The molecule has 19 heavy (non-hydrogen) atoms. The number of nitrogens with two attached hydrogens (primary N) is 2. The highest BCUT2D eigenvalue weighted by atomic mass is 16.5. The van der Waals surface area contributed by atoms with E-state index in [9.17, 15) is 4.79 Å². The highest BCUT2D eigenvalue weighted by Gasteiger charge is 2.12. The third kappa shape index (κ3) is 2.77. The lowest BCUT2D eigenvalue weighted by Crippen LogP contribution is -2.14. The molecule has 0 radical (unpaired) electrons. The van der Waals surface area contributed by atoms with Crippen molar-refractivity contribution in [2.24, 2.45) is 0 Å². The minimum absolute atomic E-state index is 0.304. The van der Waals surface area contributed by atoms with Crippen LogP contribution in [0.3, 0.4) is 0 Å². The molecule has 0 spiro atoms. The van der Waals surface area contributed by atoms with E-state index >= 15 is 0 Å². The van der Waals surface area contributed by atoms with E-state index in [4.69, 9.17) is 16.2 Å². The van der Waals surface area contributed by atoms with Gasteiger partial charge in [-0.2, -0.15) is 0 Å². The summed E-state index contributed by atoms with van der Waals surface area (Å²) in [4.78, 5) is 12.1. The molecule has 0 heterocycles. The number of carbonyl (C=O) groups is 1. The minimum atomic E-state index is -0.304. The molecular formula is C14H15N3O2. The summed E-state index contributed by atoms with van der Waals surface area (Å²) in [7, 11) is 1.53. The van der Waals surface area contributed by atoms with Crippen LogP contribution in [0.2, 0.25) is 0 Å². The van der Waals surface area contributed by atoms with Gasteiger partial charge in [-0.3, -0.25) is 4.79 Å². The van der Waals surface area contributed by atoms with Gasteiger partial charge < -0.3 is 21.5 Å². The van der Waals surface area contributed by atoms with E-state index in [1.807, 2.05) is 0 Å². The molecule has 0 saturated carbocycles. The SMILES string of the molecule is COc1ccc(N)cc1NC(=O)c1ccccc1N. The van der Waals surface area contributed by atoms with E-state index in [2.05, 4.69) is 5.32 Å². The van der Waals surface area contributed by atoms with Gasteiger partial charge in [0.15, 0.2) is 0 Å². The molecular weight excluding hydrogens is 242 g/mol. The molecule has 2 rings (SSSR count). The third-order valence-electron chi connectivity index (χ3n) is 2.68. The summed E-state index contributed by atoms with van der Waals surface area (Å²) in [5.74, 6) is 0.235. The second-order valence-corrected chi connectivity index (χ2v) is 4.00. The number of nitrogens with one attached hydrogen (secondary N) is 1. The van der Waals surface area contributed by atoms with Gasteiger partial charge in [0.25, 0.3) is 5.91 Å². The van der Waals surface area contributed by atoms with E-state index < -0.39 is 0 Å². The molecule has 0 bridgehead atoms. The van der Waals surface area contributed by atoms with Crippen molar-refractivity contribution < 1.29 is 9.53 Å². The molecule has 0 aliphatic heterocycles. The van der Waals surface area contributed by atoms with E-state index in [-0.39, 0.29) is 5.91 Å². The lowest BCUT2D eigenvalue weighted by molar-refractivity contribution is 0.102. The van der Waals surface area contributed by atoms with Crippen LogP contribution in [0.5, 0.6) is 5.75 Å². The second-order valence-electron chi connectivity index (χ2n) is 4.00. The topological polar surface area (TPSA) is 90.4 Å². The number of methoxy groups -OCH3 is 1. The molecule has 0 aliphatic carbocycles. The smallest absolute Gasteiger partial charge is 0.257 e. The number of hydrogen-bond donors (Lipinski definition) is 3. The van der Waals surface area contributed by atoms with Crippen LogP contribution < -0.4 is 21.5 Å². The molecule has 0 aromatic heterocycles. The highest BCUT2D eigenvalue weighted by Crippen LogP contribution is 2.27. The Balaban J connectivity index is 2.29. The van der Waals surface area contributed by atoms with Crippen LogP contribution in [-0.4, -0.2) is 13.0 Å². The van der Waals surface area contributed by atoms with Gasteiger partial charge >= 0.3 is 0 Å². The molecule has 5 N–H and O–H groups in total. The molecule has 5 heteroatoms. The summed E-state index contributed by atoms with van der Waals surface area (Å²) >= 11 is 0. The van der Waals surface area contributed by atoms with E-state index in [0.29, 0.717) is 28.4 Å². The average molecular weight is 257 g/mol. The Morgan fingerprint density at radius 2 is 1.89 bits per heavy atom. The Kier molecular flexibility index (Phi) is 3.56. The molecule has 1 amide bonds. The third-order valence-corrected chi connectivity index (χ3v) is 2.68. The van der Waals surface area contributed by atoms with Crippen LogP contribution in [0.15, 0.2) is 42.5 Å². The van der Waals surface area contributed by atoms with Crippen LogP contribution in [0.4, 0.5) is 17.1 Å². The van der Waals surface area contributed by atoms with Crippen LogP contribution in [-0.2, 0) is 0 Å². The van der Waals surface area contributed by atoms with Crippen molar-refractivity contribution in [3.63, 3.8) is 0 Å². The Hall–Kier alpha value is -2.69. The van der Waals surface area contributed by atoms with Crippen molar-refractivity contribution in [1.82, 2.24) is 0 Å². The fourth-order valence-electron chi connectivity index (χ4n) is 1.72. The fraction of sp³-hybridized carbons (Fsp3) is 0.0714. The minimum Gasteiger partial charge on any atom is -0.495 e. The van der Waals surface area contributed by atoms with E-state index in [1.54, 1.807) is 42.5 Å². The maximum Gasteiger partial charge on any atom is 0.257 e. The van der Waals surface area contributed by atoms with Crippen LogP contribution in [0.1, 0.15) is 10.4 Å². The Labute approximate surface area is 111 Å². The maximum absolute atomic E-state index is 12.1. The largest absolute Gasteiger partial charge is 0.495 e.